The molecular weight excluding hydrogens is 328 g/mol. The van der Waals surface area contributed by atoms with Gasteiger partial charge in [0.1, 0.15) is 0 Å². The largest absolute Gasteiger partial charge is 0.344 e. The van der Waals surface area contributed by atoms with Crippen molar-refractivity contribution in [3.63, 3.8) is 0 Å². The fourth-order valence-corrected chi connectivity index (χ4v) is 3.73. The van der Waals surface area contributed by atoms with E-state index in [-0.39, 0.29) is 0 Å². The quantitative estimate of drug-likeness (QED) is 0.689. The van der Waals surface area contributed by atoms with Gasteiger partial charge in [-0.15, -0.1) is 10.2 Å². The number of hydrogen-bond donors (Lipinski definition) is 0. The van der Waals surface area contributed by atoms with Gasteiger partial charge in [0.2, 0.25) is 0 Å². The molecule has 4 nitrogen and oxygen atoms in total. The minimum absolute atomic E-state index is 0.737. The normalized spacial score (nSPS) is 13.9. The van der Waals surface area contributed by atoms with Crippen molar-refractivity contribution in [1.82, 2.24) is 14.8 Å². The Labute approximate surface area is 144 Å². The molecular formula is C17H15ClN4S. The number of halogens is 1. The number of fused-ring (bicyclic) bond motifs is 1. The van der Waals surface area contributed by atoms with E-state index in [9.17, 15) is 0 Å². The van der Waals surface area contributed by atoms with E-state index >= 15 is 0 Å². The lowest BCUT2D eigenvalue weighted by atomic mass is 10.1. The molecule has 0 spiro atoms. The van der Waals surface area contributed by atoms with Crippen molar-refractivity contribution >= 4 is 29.1 Å². The summed E-state index contributed by atoms with van der Waals surface area (Å²) in [5, 5.41) is 10.5. The molecule has 3 aromatic rings. The van der Waals surface area contributed by atoms with E-state index < -0.39 is 0 Å². The van der Waals surface area contributed by atoms with E-state index in [2.05, 4.69) is 38.7 Å². The molecule has 1 aromatic heterocycles. The SMILES string of the molecule is Cc1ccccc1-c1nnc2n1CN(c1ccc(Cl)cc1)CS2. The van der Waals surface area contributed by atoms with Crippen molar-refractivity contribution in [2.24, 2.45) is 0 Å². The molecule has 0 fully saturated rings. The Bertz CT molecular complexity index is 844. The lowest BCUT2D eigenvalue weighted by Crippen LogP contribution is -2.30. The molecule has 6 heteroatoms. The molecule has 0 saturated heterocycles. The second-order valence-electron chi connectivity index (χ2n) is 5.48. The van der Waals surface area contributed by atoms with E-state index in [1.807, 2.05) is 36.4 Å². The third-order valence-corrected chi connectivity index (χ3v) is 5.21. The maximum atomic E-state index is 5.99. The Kier molecular flexibility index (Phi) is 3.75. The van der Waals surface area contributed by atoms with Crippen molar-refractivity contribution in [2.75, 3.05) is 10.8 Å². The number of nitrogens with zero attached hydrogens (tertiary/aromatic N) is 4. The van der Waals surface area contributed by atoms with Crippen LogP contribution in [0.3, 0.4) is 0 Å². The molecule has 0 N–H and O–H groups in total. The zero-order valence-electron chi connectivity index (χ0n) is 12.6. The van der Waals surface area contributed by atoms with Crippen molar-refractivity contribution in [2.45, 2.75) is 18.7 Å². The molecule has 2 heterocycles. The van der Waals surface area contributed by atoms with E-state index in [4.69, 9.17) is 11.6 Å². The van der Waals surface area contributed by atoms with Gasteiger partial charge in [0, 0.05) is 16.3 Å². The van der Waals surface area contributed by atoms with Gasteiger partial charge >= 0.3 is 0 Å². The number of hydrogen-bond acceptors (Lipinski definition) is 4. The molecule has 0 aliphatic carbocycles. The van der Waals surface area contributed by atoms with Crippen LogP contribution < -0.4 is 4.90 Å². The molecule has 0 saturated carbocycles. The predicted molar refractivity (Wildman–Crippen MR) is 94.9 cm³/mol. The van der Waals surface area contributed by atoms with Crippen LogP contribution in [-0.2, 0) is 6.67 Å². The lowest BCUT2D eigenvalue weighted by Gasteiger charge is -2.29. The highest BCUT2D eigenvalue weighted by Gasteiger charge is 2.23. The van der Waals surface area contributed by atoms with E-state index in [1.54, 1.807) is 11.8 Å². The van der Waals surface area contributed by atoms with Crippen LogP contribution in [0, 0.1) is 6.92 Å². The smallest absolute Gasteiger partial charge is 0.194 e. The van der Waals surface area contributed by atoms with Crippen molar-refractivity contribution in [3.8, 4) is 11.4 Å². The summed E-state index contributed by atoms with van der Waals surface area (Å²) in [6.07, 6.45) is 0. The van der Waals surface area contributed by atoms with Gasteiger partial charge in [0.05, 0.1) is 12.5 Å². The third kappa shape index (κ3) is 2.71. The van der Waals surface area contributed by atoms with Crippen molar-refractivity contribution in [3.05, 3.63) is 59.1 Å². The fourth-order valence-electron chi connectivity index (χ4n) is 2.70. The summed E-state index contributed by atoms with van der Waals surface area (Å²) in [6.45, 7) is 2.84. The number of benzene rings is 2. The minimum atomic E-state index is 0.737. The van der Waals surface area contributed by atoms with Crippen LogP contribution in [0.2, 0.25) is 5.02 Å². The number of anilines is 1. The van der Waals surface area contributed by atoms with E-state index in [0.29, 0.717) is 0 Å². The monoisotopic (exact) mass is 342 g/mol. The molecule has 0 atom stereocenters. The van der Waals surface area contributed by atoms with E-state index in [1.165, 1.54) is 5.56 Å². The maximum absolute atomic E-state index is 5.99. The minimum Gasteiger partial charge on any atom is -0.344 e. The van der Waals surface area contributed by atoms with E-state index in [0.717, 1.165) is 39.8 Å². The Morgan fingerprint density at radius 1 is 1.04 bits per heavy atom. The Morgan fingerprint density at radius 2 is 1.83 bits per heavy atom. The average Bonchev–Trinajstić information content (AvgIpc) is 2.99. The third-order valence-electron chi connectivity index (χ3n) is 3.96. The lowest BCUT2D eigenvalue weighted by molar-refractivity contribution is 0.608. The van der Waals surface area contributed by atoms with Crippen LogP contribution >= 0.6 is 23.4 Å². The summed E-state index contributed by atoms with van der Waals surface area (Å²) in [7, 11) is 0. The first-order valence-electron chi connectivity index (χ1n) is 7.35. The van der Waals surface area contributed by atoms with Gasteiger partial charge in [-0.25, -0.2) is 0 Å². The Balaban J connectivity index is 1.70. The Hall–Kier alpha value is -1.98. The number of aromatic nitrogens is 3. The second-order valence-corrected chi connectivity index (χ2v) is 6.83. The zero-order chi connectivity index (χ0) is 15.8. The maximum Gasteiger partial charge on any atom is 0.194 e. The van der Waals surface area contributed by atoms with Crippen LogP contribution in [0.4, 0.5) is 5.69 Å². The average molecular weight is 343 g/mol. The highest BCUT2D eigenvalue weighted by Crippen LogP contribution is 2.32. The van der Waals surface area contributed by atoms with Crippen LogP contribution in [0.15, 0.2) is 53.7 Å². The molecule has 0 amide bonds. The first kappa shape index (κ1) is 14.6. The molecule has 1 aliphatic heterocycles. The summed E-state index contributed by atoms with van der Waals surface area (Å²) in [6, 6.07) is 16.2. The molecule has 0 unspecified atom stereocenters. The zero-order valence-corrected chi connectivity index (χ0v) is 14.2. The molecule has 0 radical (unpaired) electrons. The molecule has 4 rings (SSSR count). The number of rotatable bonds is 2. The highest BCUT2D eigenvalue weighted by atomic mass is 35.5. The van der Waals surface area contributed by atoms with Crippen molar-refractivity contribution < 1.29 is 0 Å². The van der Waals surface area contributed by atoms with Crippen molar-refractivity contribution in [1.29, 1.82) is 0 Å². The molecule has 1 aliphatic rings. The summed E-state index contributed by atoms with van der Waals surface area (Å²) in [5.74, 6) is 1.78. The van der Waals surface area contributed by atoms with Crippen LogP contribution in [0.1, 0.15) is 5.56 Å². The predicted octanol–water partition coefficient (Wildman–Crippen LogP) is 4.43. The van der Waals surface area contributed by atoms with Gasteiger partial charge in [-0.2, -0.15) is 0 Å². The van der Waals surface area contributed by atoms with Crippen LogP contribution in [0.25, 0.3) is 11.4 Å². The summed E-state index contributed by atoms with van der Waals surface area (Å²) in [5.41, 5.74) is 3.48. The molecule has 23 heavy (non-hydrogen) atoms. The van der Waals surface area contributed by atoms with Gasteiger partial charge in [0.15, 0.2) is 11.0 Å². The fraction of sp³-hybridized carbons (Fsp3) is 0.176. The first-order valence-corrected chi connectivity index (χ1v) is 8.71. The number of thioether (sulfide) groups is 1. The topological polar surface area (TPSA) is 34.0 Å². The Morgan fingerprint density at radius 3 is 2.61 bits per heavy atom. The van der Waals surface area contributed by atoms with Gasteiger partial charge in [0.25, 0.3) is 0 Å². The molecule has 2 aromatic carbocycles. The standard InChI is InChI=1S/C17H15ClN4S/c1-12-4-2-3-5-15(12)16-19-20-17-22(16)10-21(11-23-17)14-8-6-13(18)7-9-14/h2-9H,10-11H2,1H3. The first-order chi connectivity index (χ1) is 11.2. The van der Waals surface area contributed by atoms with Gasteiger partial charge in [-0.1, -0.05) is 47.6 Å². The molecule has 0 bridgehead atoms. The summed E-state index contributed by atoms with van der Waals surface area (Å²) >= 11 is 7.69. The van der Waals surface area contributed by atoms with Crippen LogP contribution in [0.5, 0.6) is 0 Å². The van der Waals surface area contributed by atoms with Crippen LogP contribution in [-0.4, -0.2) is 20.6 Å². The number of aryl methyl sites for hydroxylation is 1. The van der Waals surface area contributed by atoms with Gasteiger partial charge in [-0.05, 0) is 36.8 Å². The van der Waals surface area contributed by atoms with Gasteiger partial charge in [-0.3, -0.25) is 4.57 Å². The highest BCUT2D eigenvalue weighted by molar-refractivity contribution is 7.99. The summed E-state index contributed by atoms with van der Waals surface area (Å²) < 4.78 is 2.17. The molecule has 116 valence electrons. The second kappa shape index (κ2) is 5.91. The summed E-state index contributed by atoms with van der Waals surface area (Å²) in [4.78, 5) is 2.29. The van der Waals surface area contributed by atoms with Gasteiger partial charge < -0.3 is 4.90 Å².